The van der Waals surface area contributed by atoms with E-state index in [2.05, 4.69) is 15.4 Å². The predicted octanol–water partition coefficient (Wildman–Crippen LogP) is 6.01. The summed E-state index contributed by atoms with van der Waals surface area (Å²) in [7, 11) is 0. The molecule has 0 aliphatic rings. The number of ether oxygens (including phenoxy) is 1. The molecular weight excluding hydrogens is 482 g/mol. The first-order chi connectivity index (χ1) is 17.4. The minimum atomic E-state index is -0.671. The van der Waals surface area contributed by atoms with Crippen LogP contribution in [0.25, 0.3) is 16.6 Å². The monoisotopic (exact) mass is 504 g/mol. The van der Waals surface area contributed by atoms with E-state index in [1.165, 1.54) is 35.6 Å². The summed E-state index contributed by atoms with van der Waals surface area (Å²) < 4.78 is 35.4. The molecule has 2 aromatic heterocycles. The Morgan fingerprint density at radius 1 is 1.03 bits per heavy atom. The Hall–Kier alpha value is -4.11. The van der Waals surface area contributed by atoms with Gasteiger partial charge in [0, 0.05) is 16.5 Å². The molecule has 0 aliphatic carbocycles. The molecule has 0 radical (unpaired) electrons. The number of amides is 1. The molecule has 0 saturated heterocycles. The number of carbonyl (C=O) groups excluding carboxylic acids is 1. The molecule has 5 aromatic rings. The highest BCUT2D eigenvalue weighted by Crippen LogP contribution is 2.29. The van der Waals surface area contributed by atoms with Crippen molar-refractivity contribution in [2.24, 2.45) is 0 Å². The van der Waals surface area contributed by atoms with Crippen LogP contribution in [0.1, 0.15) is 33.3 Å². The molecule has 1 N–H and O–H groups in total. The molecule has 36 heavy (non-hydrogen) atoms. The van der Waals surface area contributed by atoms with Crippen LogP contribution >= 0.6 is 11.3 Å². The van der Waals surface area contributed by atoms with Crippen molar-refractivity contribution in [1.82, 2.24) is 20.1 Å². The third-order valence-corrected chi connectivity index (χ3v) is 6.59. The molecule has 9 heteroatoms. The average molecular weight is 505 g/mol. The number of aromatic nitrogens is 3. The molecule has 0 spiro atoms. The van der Waals surface area contributed by atoms with Crippen LogP contribution in [-0.2, 0) is 0 Å². The topological polar surface area (TPSA) is 69.0 Å². The number of aryl methyl sites for hydroxylation is 1. The van der Waals surface area contributed by atoms with Crippen molar-refractivity contribution in [2.45, 2.75) is 26.0 Å². The molecule has 182 valence electrons. The van der Waals surface area contributed by atoms with E-state index >= 15 is 0 Å². The van der Waals surface area contributed by atoms with Gasteiger partial charge in [0.1, 0.15) is 23.5 Å². The lowest BCUT2D eigenvalue weighted by molar-refractivity contribution is 0.0881. The molecule has 5 rings (SSSR count). The zero-order chi connectivity index (χ0) is 25.2. The second-order valence-electron chi connectivity index (χ2n) is 8.39. The summed E-state index contributed by atoms with van der Waals surface area (Å²) in [5.74, 6) is -0.505. The fourth-order valence-electron chi connectivity index (χ4n) is 3.97. The molecule has 1 amide bonds. The van der Waals surface area contributed by atoms with Gasteiger partial charge in [0.15, 0.2) is 5.01 Å². The van der Waals surface area contributed by atoms with Crippen LogP contribution in [-0.4, -0.2) is 26.7 Å². The number of hydrogen-bond acceptors (Lipinski definition) is 5. The van der Waals surface area contributed by atoms with Crippen LogP contribution in [0.15, 0.2) is 79.1 Å². The Labute approximate surface area is 210 Å². The first-order valence-electron chi connectivity index (χ1n) is 11.3. The summed E-state index contributed by atoms with van der Waals surface area (Å²) in [4.78, 5) is 17.8. The SMILES string of the molecule is Cc1cnc(C(=O)N[C@@H](C)C(Oc2ccc3c(cnn3-c3ccc(F)cc3)c2)c2cccc(F)c2)s1. The summed E-state index contributed by atoms with van der Waals surface area (Å²) >= 11 is 1.30. The van der Waals surface area contributed by atoms with Crippen molar-refractivity contribution < 1.29 is 18.3 Å². The number of benzene rings is 3. The maximum Gasteiger partial charge on any atom is 0.280 e. The second kappa shape index (κ2) is 9.87. The van der Waals surface area contributed by atoms with Crippen LogP contribution in [0.5, 0.6) is 5.75 Å². The minimum Gasteiger partial charge on any atom is -0.484 e. The number of nitrogens with zero attached hydrogens (tertiary/aromatic N) is 3. The van der Waals surface area contributed by atoms with Gasteiger partial charge in [-0.05, 0) is 74.0 Å². The van der Waals surface area contributed by atoms with Crippen molar-refractivity contribution in [3.8, 4) is 11.4 Å². The molecule has 0 saturated carbocycles. The first-order valence-corrected chi connectivity index (χ1v) is 12.1. The molecule has 3 aromatic carbocycles. The Morgan fingerprint density at radius 2 is 1.83 bits per heavy atom. The lowest BCUT2D eigenvalue weighted by Crippen LogP contribution is -2.39. The number of hydrogen-bond donors (Lipinski definition) is 1. The van der Waals surface area contributed by atoms with Crippen LogP contribution < -0.4 is 10.1 Å². The quantitative estimate of drug-likeness (QED) is 0.295. The van der Waals surface area contributed by atoms with Gasteiger partial charge in [0.25, 0.3) is 5.91 Å². The van der Waals surface area contributed by atoms with E-state index in [9.17, 15) is 13.6 Å². The standard InChI is InChI=1S/C27H22F2N4O2S/c1-16-14-30-27(36-16)26(34)32-17(2)25(18-4-3-5-21(29)12-18)35-23-10-11-24-19(13-23)15-31-33(24)22-8-6-20(28)7-9-22/h3-15,17,25H,1-2H3,(H,32,34)/t17-,25?/m0/s1. The van der Waals surface area contributed by atoms with Crippen molar-refractivity contribution in [3.05, 3.63) is 106 Å². The minimum absolute atomic E-state index is 0.318. The fraction of sp³-hybridized carbons (Fsp3) is 0.148. The number of rotatable bonds is 7. The van der Waals surface area contributed by atoms with E-state index in [1.54, 1.807) is 54.3 Å². The Balaban J connectivity index is 1.43. The maximum atomic E-state index is 14.1. The molecule has 2 atom stereocenters. The third-order valence-electron chi connectivity index (χ3n) is 5.68. The molecule has 0 fully saturated rings. The van der Waals surface area contributed by atoms with Crippen molar-refractivity contribution in [3.63, 3.8) is 0 Å². The maximum absolute atomic E-state index is 14.1. The zero-order valence-electron chi connectivity index (χ0n) is 19.5. The third kappa shape index (κ3) is 4.96. The Bertz CT molecular complexity index is 1530. The fourth-order valence-corrected chi connectivity index (χ4v) is 4.63. The molecular formula is C27H22F2N4O2S. The summed E-state index contributed by atoms with van der Waals surface area (Å²) in [6, 6.07) is 17.2. The number of fused-ring (bicyclic) bond motifs is 1. The van der Waals surface area contributed by atoms with E-state index in [-0.39, 0.29) is 11.7 Å². The first kappa shape index (κ1) is 23.6. The molecule has 2 heterocycles. The smallest absolute Gasteiger partial charge is 0.280 e. The van der Waals surface area contributed by atoms with Crippen molar-refractivity contribution >= 4 is 28.1 Å². The van der Waals surface area contributed by atoms with Gasteiger partial charge in [-0.25, -0.2) is 18.4 Å². The number of nitrogens with one attached hydrogen (secondary N) is 1. The highest BCUT2D eigenvalue weighted by atomic mass is 32.1. The second-order valence-corrected chi connectivity index (χ2v) is 9.62. The van der Waals surface area contributed by atoms with E-state index in [0.29, 0.717) is 16.3 Å². The number of carbonyl (C=O) groups is 1. The molecule has 0 bridgehead atoms. The lowest BCUT2D eigenvalue weighted by atomic mass is 10.0. The van der Waals surface area contributed by atoms with E-state index < -0.39 is 18.0 Å². The number of thiazole rings is 1. The van der Waals surface area contributed by atoms with Gasteiger partial charge in [-0.3, -0.25) is 4.79 Å². The largest absolute Gasteiger partial charge is 0.484 e. The molecule has 0 aliphatic heterocycles. The molecule has 1 unspecified atom stereocenters. The zero-order valence-corrected chi connectivity index (χ0v) is 20.3. The van der Waals surface area contributed by atoms with Gasteiger partial charge < -0.3 is 10.1 Å². The van der Waals surface area contributed by atoms with Gasteiger partial charge >= 0.3 is 0 Å². The predicted molar refractivity (Wildman–Crippen MR) is 135 cm³/mol. The lowest BCUT2D eigenvalue weighted by Gasteiger charge is -2.26. The average Bonchev–Trinajstić information content (AvgIpc) is 3.49. The normalized spacial score (nSPS) is 12.9. The van der Waals surface area contributed by atoms with Crippen LogP contribution in [0.2, 0.25) is 0 Å². The summed E-state index contributed by atoms with van der Waals surface area (Å²) in [5, 5.41) is 8.51. The van der Waals surface area contributed by atoms with Crippen LogP contribution in [0.3, 0.4) is 0 Å². The van der Waals surface area contributed by atoms with Gasteiger partial charge in [-0.2, -0.15) is 5.10 Å². The molecule has 6 nitrogen and oxygen atoms in total. The van der Waals surface area contributed by atoms with Gasteiger partial charge in [-0.1, -0.05) is 12.1 Å². The van der Waals surface area contributed by atoms with Crippen molar-refractivity contribution in [2.75, 3.05) is 0 Å². The Morgan fingerprint density at radius 3 is 2.56 bits per heavy atom. The van der Waals surface area contributed by atoms with E-state index in [1.807, 2.05) is 19.1 Å². The van der Waals surface area contributed by atoms with Gasteiger partial charge in [-0.15, -0.1) is 11.3 Å². The van der Waals surface area contributed by atoms with E-state index in [0.717, 1.165) is 21.5 Å². The van der Waals surface area contributed by atoms with Crippen LogP contribution in [0.4, 0.5) is 8.78 Å². The summed E-state index contributed by atoms with van der Waals surface area (Å²) in [6.07, 6.45) is 2.67. The van der Waals surface area contributed by atoms with Gasteiger partial charge in [0.2, 0.25) is 0 Å². The summed E-state index contributed by atoms with van der Waals surface area (Å²) in [5.41, 5.74) is 2.13. The number of halogens is 2. The Kier molecular flexibility index (Phi) is 6.47. The highest BCUT2D eigenvalue weighted by molar-refractivity contribution is 7.13. The summed E-state index contributed by atoms with van der Waals surface area (Å²) in [6.45, 7) is 3.68. The van der Waals surface area contributed by atoms with Crippen LogP contribution in [0, 0.1) is 18.6 Å². The highest BCUT2D eigenvalue weighted by Gasteiger charge is 2.25. The van der Waals surface area contributed by atoms with E-state index in [4.69, 9.17) is 4.74 Å². The van der Waals surface area contributed by atoms with Crippen molar-refractivity contribution in [1.29, 1.82) is 0 Å². The van der Waals surface area contributed by atoms with Gasteiger partial charge in [0.05, 0.1) is 23.4 Å².